The number of hydrogen-bond acceptors (Lipinski definition) is 5. The highest BCUT2D eigenvalue weighted by Gasteiger charge is 2.20. The first kappa shape index (κ1) is 24.5. The molecule has 0 unspecified atom stereocenters. The van der Waals surface area contributed by atoms with Crippen molar-refractivity contribution in [3.8, 4) is 11.3 Å². The number of anilines is 1. The Hall–Kier alpha value is -4.14. The van der Waals surface area contributed by atoms with Gasteiger partial charge in [-0.2, -0.15) is 5.10 Å². The summed E-state index contributed by atoms with van der Waals surface area (Å²) >= 11 is 8.02. The highest BCUT2D eigenvalue weighted by molar-refractivity contribution is 7.98. The average Bonchev–Trinajstić information content (AvgIpc) is 3.22. The molecule has 0 radical (unpaired) electrons. The van der Waals surface area contributed by atoms with Gasteiger partial charge in [0.2, 0.25) is 0 Å². The van der Waals surface area contributed by atoms with Crippen molar-refractivity contribution in [2.45, 2.75) is 17.2 Å². The molecule has 9 heteroatoms. The number of hydrogen-bond donors (Lipinski definition) is 2. The molecule has 0 saturated carbocycles. The molecule has 0 spiro atoms. The van der Waals surface area contributed by atoms with Crippen LogP contribution >= 0.6 is 23.4 Å². The van der Waals surface area contributed by atoms with Gasteiger partial charge in [0.15, 0.2) is 0 Å². The highest BCUT2D eigenvalue weighted by Crippen LogP contribution is 2.35. The van der Waals surface area contributed by atoms with E-state index < -0.39 is 5.97 Å². The minimum absolute atomic E-state index is 0.254. The summed E-state index contributed by atoms with van der Waals surface area (Å²) in [6, 6.07) is 26.4. The lowest BCUT2D eigenvalue weighted by Gasteiger charge is -2.11. The quantitative estimate of drug-likeness (QED) is 0.227. The van der Waals surface area contributed by atoms with Gasteiger partial charge in [-0.15, -0.1) is 11.8 Å². The molecule has 0 fully saturated rings. The van der Waals surface area contributed by atoms with Gasteiger partial charge in [-0.25, -0.2) is 4.68 Å². The Labute approximate surface area is 222 Å². The maximum atomic E-state index is 13.2. The third-order valence-electron chi connectivity index (χ3n) is 5.67. The van der Waals surface area contributed by atoms with E-state index in [0.717, 1.165) is 21.4 Å². The van der Waals surface area contributed by atoms with Gasteiger partial charge in [-0.1, -0.05) is 72.3 Å². The average molecular weight is 529 g/mol. The molecule has 5 aromatic rings. The number of fused-ring (bicyclic) bond motifs is 1. The van der Waals surface area contributed by atoms with E-state index in [1.54, 1.807) is 12.3 Å². The zero-order chi connectivity index (χ0) is 25.8. The number of amides is 1. The van der Waals surface area contributed by atoms with E-state index in [4.69, 9.17) is 11.6 Å². The van der Waals surface area contributed by atoms with Gasteiger partial charge in [0.05, 0.1) is 28.7 Å². The summed E-state index contributed by atoms with van der Waals surface area (Å²) in [5.74, 6) is -0.894. The predicted octanol–water partition coefficient (Wildman–Crippen LogP) is 6.38. The molecule has 0 atom stereocenters. The van der Waals surface area contributed by atoms with E-state index >= 15 is 0 Å². The van der Waals surface area contributed by atoms with Crippen LogP contribution in [-0.2, 0) is 17.1 Å². The van der Waals surface area contributed by atoms with E-state index in [0.29, 0.717) is 28.3 Å². The third kappa shape index (κ3) is 5.50. The Bertz CT molecular complexity index is 1600. The van der Waals surface area contributed by atoms with Crippen LogP contribution in [0.15, 0.2) is 96.0 Å². The monoisotopic (exact) mass is 528 g/mol. The molecule has 5 rings (SSSR count). The Morgan fingerprint density at radius 3 is 2.51 bits per heavy atom. The number of pyridine rings is 1. The number of carbonyl (C=O) groups is 2. The maximum Gasteiger partial charge on any atom is 0.325 e. The highest BCUT2D eigenvalue weighted by atomic mass is 35.5. The minimum Gasteiger partial charge on any atom is -0.480 e. The molecule has 0 aliphatic rings. The van der Waals surface area contributed by atoms with Crippen LogP contribution in [-0.4, -0.2) is 31.7 Å². The number of halogens is 1. The molecule has 0 aliphatic carbocycles. The summed E-state index contributed by atoms with van der Waals surface area (Å²) in [5.41, 5.74) is 4.12. The van der Waals surface area contributed by atoms with Crippen LogP contribution in [0.4, 0.5) is 5.69 Å². The topological polar surface area (TPSA) is 97.1 Å². The smallest absolute Gasteiger partial charge is 0.325 e. The lowest BCUT2D eigenvalue weighted by atomic mass is 10.1. The predicted molar refractivity (Wildman–Crippen MR) is 146 cm³/mol. The van der Waals surface area contributed by atoms with Gasteiger partial charge in [-0.3, -0.25) is 14.6 Å². The number of para-hydroxylation sites is 1. The van der Waals surface area contributed by atoms with Crippen molar-refractivity contribution >= 4 is 51.8 Å². The molecule has 184 valence electrons. The Balaban J connectivity index is 1.40. The number of thioether (sulfide) groups is 1. The summed E-state index contributed by atoms with van der Waals surface area (Å²) in [7, 11) is 0. The Morgan fingerprint density at radius 2 is 1.70 bits per heavy atom. The SMILES string of the molecule is O=C(O)Cn1nc(-c2ccccc2)c(CSc2ccccc2C(=O)Nc2cnc3ccccc3c2)c1Cl. The number of carbonyl (C=O) groups excluding carboxylic acids is 1. The van der Waals surface area contributed by atoms with Crippen LogP contribution in [0, 0.1) is 0 Å². The fourth-order valence-corrected chi connectivity index (χ4v) is 5.33. The van der Waals surface area contributed by atoms with Crippen molar-refractivity contribution in [2.75, 3.05) is 5.32 Å². The number of aromatic nitrogens is 3. The van der Waals surface area contributed by atoms with E-state index in [9.17, 15) is 14.7 Å². The van der Waals surface area contributed by atoms with Gasteiger partial charge >= 0.3 is 5.97 Å². The summed E-state index contributed by atoms with van der Waals surface area (Å²) in [4.78, 5) is 29.7. The second-order valence-electron chi connectivity index (χ2n) is 8.19. The number of benzene rings is 3. The van der Waals surface area contributed by atoms with Crippen molar-refractivity contribution in [1.82, 2.24) is 14.8 Å². The molecular formula is C28H21ClN4O3S. The van der Waals surface area contributed by atoms with Crippen molar-refractivity contribution < 1.29 is 14.7 Å². The molecule has 2 heterocycles. The first-order valence-corrected chi connectivity index (χ1v) is 12.8. The first-order valence-electron chi connectivity index (χ1n) is 11.4. The van der Waals surface area contributed by atoms with Crippen LogP contribution < -0.4 is 5.32 Å². The molecule has 0 aliphatic heterocycles. The first-order chi connectivity index (χ1) is 18.0. The van der Waals surface area contributed by atoms with E-state index in [-0.39, 0.29) is 17.6 Å². The minimum atomic E-state index is -1.03. The Kier molecular flexibility index (Phi) is 7.20. The summed E-state index contributed by atoms with van der Waals surface area (Å²) < 4.78 is 1.29. The van der Waals surface area contributed by atoms with Crippen LogP contribution in [0.5, 0.6) is 0 Å². The number of carboxylic acids is 1. The Morgan fingerprint density at radius 1 is 0.973 bits per heavy atom. The van der Waals surface area contributed by atoms with Crippen LogP contribution in [0.25, 0.3) is 22.2 Å². The van der Waals surface area contributed by atoms with Crippen molar-refractivity contribution in [3.05, 3.63) is 107 Å². The second kappa shape index (κ2) is 10.9. The van der Waals surface area contributed by atoms with Gasteiger partial charge in [0.25, 0.3) is 5.91 Å². The van der Waals surface area contributed by atoms with Crippen LogP contribution in [0.1, 0.15) is 15.9 Å². The number of aliphatic carboxylic acids is 1. The number of nitrogens with zero attached hydrogens (tertiary/aromatic N) is 3. The zero-order valence-corrected chi connectivity index (χ0v) is 21.0. The van der Waals surface area contributed by atoms with Gasteiger partial charge in [0.1, 0.15) is 11.7 Å². The second-order valence-corrected chi connectivity index (χ2v) is 9.57. The van der Waals surface area contributed by atoms with Crippen LogP contribution in [0.3, 0.4) is 0 Å². The lowest BCUT2D eigenvalue weighted by molar-refractivity contribution is -0.137. The summed E-state index contributed by atoms with van der Waals surface area (Å²) in [6.07, 6.45) is 1.64. The van der Waals surface area contributed by atoms with Gasteiger partial charge < -0.3 is 10.4 Å². The number of nitrogens with one attached hydrogen (secondary N) is 1. The fourth-order valence-electron chi connectivity index (χ4n) is 3.94. The maximum absolute atomic E-state index is 13.2. The number of rotatable bonds is 8. The largest absolute Gasteiger partial charge is 0.480 e. The third-order valence-corrected chi connectivity index (χ3v) is 7.19. The van der Waals surface area contributed by atoms with E-state index in [1.807, 2.05) is 78.9 Å². The van der Waals surface area contributed by atoms with Crippen molar-refractivity contribution in [3.63, 3.8) is 0 Å². The van der Waals surface area contributed by atoms with Gasteiger partial charge in [0, 0.05) is 27.2 Å². The lowest BCUT2D eigenvalue weighted by Crippen LogP contribution is -2.13. The van der Waals surface area contributed by atoms with Crippen LogP contribution in [0.2, 0.25) is 5.15 Å². The van der Waals surface area contributed by atoms with Crippen molar-refractivity contribution in [2.24, 2.45) is 0 Å². The van der Waals surface area contributed by atoms with Gasteiger partial charge in [-0.05, 0) is 24.3 Å². The fraction of sp³-hybridized carbons (Fsp3) is 0.0714. The number of carboxylic acid groups (broad SMARTS) is 1. The molecule has 3 aromatic carbocycles. The molecular weight excluding hydrogens is 508 g/mol. The molecule has 0 saturated heterocycles. The summed E-state index contributed by atoms with van der Waals surface area (Å²) in [5, 5.41) is 17.9. The standard InChI is InChI=1S/C28H21ClN4O3S/c29-27-22(26(18-8-2-1-3-9-18)32-33(27)16-25(34)35)17-37-24-13-7-5-11-21(24)28(36)31-20-14-19-10-4-6-12-23(19)30-15-20/h1-15H,16-17H2,(H,31,36)(H,34,35). The molecule has 37 heavy (non-hydrogen) atoms. The summed E-state index contributed by atoms with van der Waals surface area (Å²) in [6.45, 7) is -0.345. The van der Waals surface area contributed by atoms with E-state index in [2.05, 4.69) is 15.4 Å². The molecule has 7 nitrogen and oxygen atoms in total. The van der Waals surface area contributed by atoms with E-state index in [1.165, 1.54) is 16.4 Å². The van der Waals surface area contributed by atoms with Crippen molar-refractivity contribution in [1.29, 1.82) is 0 Å². The molecule has 2 N–H and O–H groups in total. The molecule has 1 amide bonds. The normalized spacial score (nSPS) is 10.9. The molecule has 2 aromatic heterocycles. The zero-order valence-electron chi connectivity index (χ0n) is 19.5. The molecule has 0 bridgehead atoms.